The van der Waals surface area contributed by atoms with E-state index in [1.807, 2.05) is 0 Å². The van der Waals surface area contributed by atoms with Crippen LogP contribution in [0, 0.1) is 6.92 Å². The third-order valence-corrected chi connectivity index (χ3v) is 2.37. The van der Waals surface area contributed by atoms with E-state index in [1.54, 1.807) is 19.1 Å². The van der Waals surface area contributed by atoms with E-state index >= 15 is 0 Å². The Morgan fingerprint density at radius 3 is 2.64 bits per heavy atom. The normalized spacial score (nSPS) is 13.0. The minimum absolute atomic E-state index is 0.300. The molecule has 0 amide bonds. The number of aryl methyl sites for hydroxylation is 1. The Bertz CT molecular complexity index is 298. The molecule has 0 radical (unpaired) electrons. The first-order chi connectivity index (χ1) is 5.11. The van der Waals surface area contributed by atoms with Crippen molar-refractivity contribution in [1.82, 2.24) is 0 Å². The lowest BCUT2D eigenvalue weighted by molar-refractivity contribution is 0.536. The molecule has 0 N–H and O–H groups in total. The summed E-state index contributed by atoms with van der Waals surface area (Å²) in [6.45, 7) is 1.71. The molecule has 0 spiro atoms. The van der Waals surface area contributed by atoms with E-state index in [2.05, 4.69) is 0 Å². The third-order valence-electron chi connectivity index (χ3n) is 1.32. The fourth-order valence-electron chi connectivity index (χ4n) is 0.800. The molecule has 0 saturated heterocycles. The van der Waals surface area contributed by atoms with Crippen LogP contribution < -0.4 is 0 Å². The maximum absolute atomic E-state index is 10.5. The summed E-state index contributed by atoms with van der Waals surface area (Å²) in [5.74, 6) is 0. The average Bonchev–Trinajstić information content (AvgIpc) is 1.85. The maximum Gasteiger partial charge on any atom is 0.0409 e. The van der Waals surface area contributed by atoms with Crippen molar-refractivity contribution in [3.8, 4) is 0 Å². The lowest BCUT2D eigenvalue weighted by atomic mass is 10.2. The van der Waals surface area contributed by atoms with Crippen molar-refractivity contribution in [2.75, 3.05) is 0 Å². The van der Waals surface area contributed by atoms with Crippen molar-refractivity contribution in [3.63, 3.8) is 0 Å². The summed E-state index contributed by atoms with van der Waals surface area (Å²) in [5.41, 5.74) is 0.672. The molecule has 0 bridgehead atoms. The van der Waals surface area contributed by atoms with E-state index < -0.39 is 11.1 Å². The summed E-state index contributed by atoms with van der Waals surface area (Å²) in [6.07, 6.45) is 0. The van der Waals surface area contributed by atoms with Gasteiger partial charge in [-0.3, -0.25) is 4.21 Å². The Kier molecular flexibility index (Phi) is 2.65. The molecule has 2 nitrogen and oxygen atoms in total. The zero-order valence-electron chi connectivity index (χ0n) is 5.83. The lowest BCUT2D eigenvalue weighted by Crippen LogP contribution is -1.91. The van der Waals surface area contributed by atoms with Gasteiger partial charge in [-0.1, -0.05) is 11.6 Å². The summed E-state index contributed by atoms with van der Waals surface area (Å²) in [7, 11) is 0. The summed E-state index contributed by atoms with van der Waals surface area (Å²) in [6, 6.07) is 4.66. The van der Waals surface area contributed by atoms with Crippen LogP contribution in [0.5, 0.6) is 0 Å². The molecule has 0 heterocycles. The van der Waals surface area contributed by atoms with Crippen molar-refractivity contribution in [2.45, 2.75) is 11.8 Å². The van der Waals surface area contributed by atoms with E-state index in [4.69, 9.17) is 11.6 Å². The van der Waals surface area contributed by atoms with Crippen molar-refractivity contribution >= 4 is 22.7 Å². The minimum Gasteiger partial charge on any atom is -0.768 e. The van der Waals surface area contributed by atoms with Crippen LogP contribution in [0.25, 0.3) is 0 Å². The van der Waals surface area contributed by atoms with Crippen molar-refractivity contribution in [3.05, 3.63) is 28.8 Å². The first-order valence-electron chi connectivity index (χ1n) is 2.96. The van der Waals surface area contributed by atoms with Crippen LogP contribution in [0.15, 0.2) is 23.1 Å². The Labute approximate surface area is 72.5 Å². The number of halogens is 1. The minimum atomic E-state index is -2.16. The van der Waals surface area contributed by atoms with E-state index in [9.17, 15) is 8.76 Å². The van der Waals surface area contributed by atoms with Gasteiger partial charge in [0.15, 0.2) is 0 Å². The van der Waals surface area contributed by atoms with Crippen molar-refractivity contribution < 1.29 is 8.76 Å². The largest absolute Gasteiger partial charge is 0.768 e. The van der Waals surface area contributed by atoms with Gasteiger partial charge < -0.3 is 4.55 Å². The zero-order valence-corrected chi connectivity index (χ0v) is 7.41. The highest BCUT2D eigenvalue weighted by Crippen LogP contribution is 2.16. The van der Waals surface area contributed by atoms with E-state index in [1.165, 1.54) is 6.07 Å². The first kappa shape index (κ1) is 8.71. The topological polar surface area (TPSA) is 40.1 Å². The molecular weight excluding hydrogens is 184 g/mol. The second-order valence-electron chi connectivity index (χ2n) is 2.14. The Morgan fingerprint density at radius 1 is 1.55 bits per heavy atom. The number of hydrogen-bond acceptors (Lipinski definition) is 2. The molecule has 1 aromatic carbocycles. The molecule has 0 aliphatic carbocycles. The predicted molar refractivity (Wildman–Crippen MR) is 43.4 cm³/mol. The van der Waals surface area contributed by atoms with Crippen LogP contribution in [-0.2, 0) is 11.1 Å². The van der Waals surface area contributed by atoms with Crippen LogP contribution in [-0.4, -0.2) is 8.76 Å². The van der Waals surface area contributed by atoms with Crippen LogP contribution in [0.1, 0.15) is 5.56 Å². The van der Waals surface area contributed by atoms with Gasteiger partial charge in [-0.15, -0.1) is 0 Å². The third kappa shape index (κ3) is 2.02. The summed E-state index contributed by atoms with van der Waals surface area (Å²) >= 11 is 3.46. The molecule has 1 aromatic rings. The SMILES string of the molecule is Cc1cc(Cl)ccc1S(=O)[O-]. The Balaban J connectivity index is 3.20. The highest BCUT2D eigenvalue weighted by Gasteiger charge is 1.97. The van der Waals surface area contributed by atoms with Gasteiger partial charge >= 0.3 is 0 Å². The average molecular weight is 190 g/mol. The molecule has 0 aliphatic heterocycles. The highest BCUT2D eigenvalue weighted by atomic mass is 35.5. The molecule has 11 heavy (non-hydrogen) atoms. The standard InChI is InChI=1S/C7H7ClO2S/c1-5-4-6(8)2-3-7(5)11(9)10/h2-4H,1H3,(H,9,10)/p-1. The fraction of sp³-hybridized carbons (Fsp3) is 0.143. The molecule has 60 valence electrons. The molecule has 0 fully saturated rings. The molecular formula is C7H6ClO2S-. The Morgan fingerprint density at radius 2 is 2.18 bits per heavy atom. The quantitative estimate of drug-likeness (QED) is 0.633. The smallest absolute Gasteiger partial charge is 0.0409 e. The maximum atomic E-state index is 10.5. The van der Waals surface area contributed by atoms with Gasteiger partial charge in [0.25, 0.3) is 0 Å². The summed E-state index contributed by atoms with van der Waals surface area (Å²) in [4.78, 5) is 0.300. The second-order valence-corrected chi connectivity index (χ2v) is 3.49. The predicted octanol–water partition coefficient (Wildman–Crippen LogP) is 1.89. The van der Waals surface area contributed by atoms with Gasteiger partial charge in [-0.2, -0.15) is 0 Å². The van der Waals surface area contributed by atoms with E-state index in [0.29, 0.717) is 15.5 Å². The molecule has 0 aromatic heterocycles. The van der Waals surface area contributed by atoms with Gasteiger partial charge in [0.2, 0.25) is 0 Å². The number of benzene rings is 1. The van der Waals surface area contributed by atoms with Gasteiger partial charge in [-0.25, -0.2) is 0 Å². The first-order valence-corrected chi connectivity index (χ1v) is 4.42. The molecule has 0 aliphatic rings. The second kappa shape index (κ2) is 3.34. The van der Waals surface area contributed by atoms with Gasteiger partial charge in [0, 0.05) is 9.92 Å². The Hall–Kier alpha value is -0.380. The van der Waals surface area contributed by atoms with Crippen molar-refractivity contribution in [2.24, 2.45) is 0 Å². The van der Waals surface area contributed by atoms with Crippen LogP contribution in [0.2, 0.25) is 5.02 Å². The fourth-order valence-corrected chi connectivity index (χ4v) is 1.53. The molecule has 1 atom stereocenters. The number of rotatable bonds is 1. The van der Waals surface area contributed by atoms with Gasteiger partial charge in [0.05, 0.1) is 0 Å². The van der Waals surface area contributed by atoms with Crippen LogP contribution in [0.3, 0.4) is 0 Å². The van der Waals surface area contributed by atoms with Gasteiger partial charge in [-0.05, 0) is 41.8 Å². The molecule has 4 heteroatoms. The van der Waals surface area contributed by atoms with Crippen LogP contribution in [0.4, 0.5) is 0 Å². The van der Waals surface area contributed by atoms with E-state index in [-0.39, 0.29) is 0 Å². The van der Waals surface area contributed by atoms with Crippen molar-refractivity contribution in [1.29, 1.82) is 0 Å². The highest BCUT2D eigenvalue weighted by molar-refractivity contribution is 7.79. The molecule has 1 unspecified atom stereocenters. The lowest BCUT2D eigenvalue weighted by Gasteiger charge is -2.07. The van der Waals surface area contributed by atoms with E-state index in [0.717, 1.165) is 0 Å². The monoisotopic (exact) mass is 189 g/mol. The summed E-state index contributed by atoms with van der Waals surface area (Å²) < 4.78 is 21.0. The van der Waals surface area contributed by atoms with Crippen LogP contribution >= 0.6 is 11.6 Å². The number of hydrogen-bond donors (Lipinski definition) is 0. The summed E-state index contributed by atoms with van der Waals surface area (Å²) in [5, 5.41) is 0.553. The molecule has 1 rings (SSSR count). The molecule has 0 saturated carbocycles. The zero-order chi connectivity index (χ0) is 8.43. The van der Waals surface area contributed by atoms with Gasteiger partial charge in [0.1, 0.15) is 0 Å².